The quantitative estimate of drug-likeness (QED) is 0.758. The molecule has 6 nitrogen and oxygen atoms in total. The van der Waals surface area contributed by atoms with Crippen LogP contribution in [0.25, 0.3) is 0 Å². The fraction of sp³-hybridized carbons (Fsp3) is 0.769. The highest BCUT2D eigenvalue weighted by atomic mass is 16.1. The molecule has 2 rings (SSSR count). The van der Waals surface area contributed by atoms with Crippen molar-refractivity contribution < 1.29 is 4.79 Å². The molecule has 0 spiro atoms. The third-order valence-electron chi connectivity index (χ3n) is 3.82. The van der Waals surface area contributed by atoms with Gasteiger partial charge < -0.3 is 10.2 Å². The lowest BCUT2D eigenvalue weighted by Gasteiger charge is -2.31. The van der Waals surface area contributed by atoms with E-state index in [9.17, 15) is 4.79 Å². The molecule has 106 valence electrons. The summed E-state index contributed by atoms with van der Waals surface area (Å²) in [6.07, 6.45) is 9.15. The van der Waals surface area contributed by atoms with Crippen molar-refractivity contribution in [3.63, 3.8) is 0 Å². The lowest BCUT2D eigenvalue weighted by Crippen LogP contribution is -2.35. The number of aromatic nitrogens is 3. The third kappa shape index (κ3) is 4.31. The van der Waals surface area contributed by atoms with Crippen molar-refractivity contribution in [1.82, 2.24) is 25.6 Å². The van der Waals surface area contributed by atoms with Crippen molar-refractivity contribution in [2.75, 3.05) is 20.1 Å². The number of carbonyl (C=O) groups is 1. The first-order valence-corrected chi connectivity index (χ1v) is 7.11. The molecule has 1 fully saturated rings. The van der Waals surface area contributed by atoms with Crippen LogP contribution >= 0.6 is 0 Å². The van der Waals surface area contributed by atoms with E-state index in [0.717, 1.165) is 19.0 Å². The molecular formula is C13H23N5O. The Morgan fingerprint density at radius 3 is 2.95 bits per heavy atom. The molecule has 1 aliphatic carbocycles. The molecule has 1 aromatic rings. The van der Waals surface area contributed by atoms with Gasteiger partial charge in [-0.1, -0.05) is 19.3 Å². The van der Waals surface area contributed by atoms with E-state index >= 15 is 0 Å². The first-order chi connectivity index (χ1) is 9.27. The average molecular weight is 265 g/mol. The van der Waals surface area contributed by atoms with Crippen LogP contribution < -0.4 is 5.32 Å². The number of nitrogens with one attached hydrogen (secondary N) is 2. The Kier molecular flexibility index (Phi) is 5.32. The monoisotopic (exact) mass is 265 g/mol. The van der Waals surface area contributed by atoms with Crippen molar-refractivity contribution >= 4 is 5.91 Å². The van der Waals surface area contributed by atoms with Gasteiger partial charge in [-0.15, -0.1) is 0 Å². The molecule has 0 radical (unpaired) electrons. The highest BCUT2D eigenvalue weighted by Crippen LogP contribution is 2.21. The van der Waals surface area contributed by atoms with Crippen molar-refractivity contribution in [2.24, 2.45) is 0 Å². The predicted molar refractivity (Wildman–Crippen MR) is 72.8 cm³/mol. The van der Waals surface area contributed by atoms with E-state index in [2.05, 4.69) is 32.7 Å². The van der Waals surface area contributed by atoms with Crippen LogP contribution in [0.15, 0.2) is 6.20 Å². The molecule has 0 saturated heterocycles. The van der Waals surface area contributed by atoms with E-state index < -0.39 is 0 Å². The average Bonchev–Trinajstić information content (AvgIpc) is 2.98. The van der Waals surface area contributed by atoms with Gasteiger partial charge in [-0.05, 0) is 32.9 Å². The van der Waals surface area contributed by atoms with Crippen LogP contribution in [0.5, 0.6) is 0 Å². The zero-order chi connectivity index (χ0) is 13.5. The SMILES string of the molecule is CN(CCCNC(=O)c1cn[nH]n1)C1CCCCC1. The summed E-state index contributed by atoms with van der Waals surface area (Å²) in [6.45, 7) is 1.71. The minimum atomic E-state index is -0.158. The maximum absolute atomic E-state index is 11.6. The van der Waals surface area contributed by atoms with E-state index in [1.807, 2.05) is 0 Å². The van der Waals surface area contributed by atoms with E-state index in [1.165, 1.54) is 38.3 Å². The van der Waals surface area contributed by atoms with Gasteiger partial charge in [0.2, 0.25) is 0 Å². The molecule has 0 bridgehead atoms. The molecular weight excluding hydrogens is 242 g/mol. The molecule has 1 amide bonds. The van der Waals surface area contributed by atoms with Crippen molar-refractivity contribution in [3.05, 3.63) is 11.9 Å². The van der Waals surface area contributed by atoms with E-state index in [1.54, 1.807) is 0 Å². The number of carbonyl (C=O) groups excluding carboxylic acids is 1. The van der Waals surface area contributed by atoms with Gasteiger partial charge in [-0.25, -0.2) is 0 Å². The Balaban J connectivity index is 1.59. The van der Waals surface area contributed by atoms with Crippen LogP contribution in [-0.2, 0) is 0 Å². The van der Waals surface area contributed by atoms with Gasteiger partial charge in [0, 0.05) is 12.6 Å². The van der Waals surface area contributed by atoms with Crippen molar-refractivity contribution in [1.29, 1.82) is 0 Å². The number of hydrogen-bond acceptors (Lipinski definition) is 4. The normalized spacial score (nSPS) is 16.7. The summed E-state index contributed by atoms with van der Waals surface area (Å²) in [5.74, 6) is -0.158. The number of H-pyrrole nitrogens is 1. The molecule has 0 atom stereocenters. The van der Waals surface area contributed by atoms with Gasteiger partial charge in [-0.3, -0.25) is 4.79 Å². The second kappa shape index (κ2) is 7.23. The first-order valence-electron chi connectivity index (χ1n) is 7.11. The van der Waals surface area contributed by atoms with E-state index in [-0.39, 0.29) is 5.91 Å². The Hall–Kier alpha value is -1.43. The third-order valence-corrected chi connectivity index (χ3v) is 3.82. The first kappa shape index (κ1) is 14.0. The van der Waals surface area contributed by atoms with Gasteiger partial charge in [0.25, 0.3) is 5.91 Å². The zero-order valence-electron chi connectivity index (χ0n) is 11.6. The molecule has 19 heavy (non-hydrogen) atoms. The molecule has 1 aliphatic rings. The maximum atomic E-state index is 11.6. The number of amides is 1. The van der Waals surface area contributed by atoms with Gasteiger partial charge in [0.15, 0.2) is 5.69 Å². The highest BCUT2D eigenvalue weighted by Gasteiger charge is 2.17. The van der Waals surface area contributed by atoms with Crippen LogP contribution in [0.2, 0.25) is 0 Å². The van der Waals surface area contributed by atoms with Crippen LogP contribution in [0.3, 0.4) is 0 Å². The van der Waals surface area contributed by atoms with Crippen LogP contribution in [0.4, 0.5) is 0 Å². The smallest absolute Gasteiger partial charge is 0.273 e. The van der Waals surface area contributed by atoms with Gasteiger partial charge >= 0.3 is 0 Å². The predicted octanol–water partition coefficient (Wildman–Crippen LogP) is 1.19. The lowest BCUT2D eigenvalue weighted by molar-refractivity contribution is 0.0945. The van der Waals surface area contributed by atoms with Crippen LogP contribution in [-0.4, -0.2) is 52.4 Å². The summed E-state index contributed by atoms with van der Waals surface area (Å²) in [5.41, 5.74) is 0.348. The summed E-state index contributed by atoms with van der Waals surface area (Å²) in [4.78, 5) is 14.0. The standard InChI is InChI=1S/C13H23N5O/c1-18(11-6-3-2-4-7-11)9-5-8-14-13(19)12-10-15-17-16-12/h10-11H,2-9H2,1H3,(H,14,19)(H,15,16,17). The number of aromatic amines is 1. The number of hydrogen-bond donors (Lipinski definition) is 2. The fourth-order valence-corrected chi connectivity index (χ4v) is 2.64. The second-order valence-electron chi connectivity index (χ2n) is 5.24. The number of nitrogens with zero attached hydrogens (tertiary/aromatic N) is 3. The summed E-state index contributed by atoms with van der Waals surface area (Å²) < 4.78 is 0. The minimum absolute atomic E-state index is 0.158. The van der Waals surface area contributed by atoms with Gasteiger partial charge in [-0.2, -0.15) is 15.4 Å². The van der Waals surface area contributed by atoms with Crippen LogP contribution in [0, 0.1) is 0 Å². The van der Waals surface area contributed by atoms with Gasteiger partial charge in [0.1, 0.15) is 0 Å². The second-order valence-corrected chi connectivity index (χ2v) is 5.24. The van der Waals surface area contributed by atoms with Crippen LogP contribution in [0.1, 0.15) is 49.0 Å². The molecule has 1 heterocycles. The van der Waals surface area contributed by atoms with Gasteiger partial charge in [0.05, 0.1) is 6.20 Å². The molecule has 2 N–H and O–H groups in total. The summed E-state index contributed by atoms with van der Waals surface area (Å²) in [5, 5.41) is 12.6. The topological polar surface area (TPSA) is 73.9 Å². The van der Waals surface area contributed by atoms with E-state index in [4.69, 9.17) is 0 Å². The molecule has 6 heteroatoms. The Labute approximate surface area is 113 Å². The molecule has 0 unspecified atom stereocenters. The Morgan fingerprint density at radius 2 is 2.26 bits per heavy atom. The summed E-state index contributed by atoms with van der Waals surface area (Å²) in [6, 6.07) is 0.736. The maximum Gasteiger partial charge on any atom is 0.273 e. The van der Waals surface area contributed by atoms with Crippen molar-refractivity contribution in [2.45, 2.75) is 44.6 Å². The fourth-order valence-electron chi connectivity index (χ4n) is 2.64. The zero-order valence-corrected chi connectivity index (χ0v) is 11.6. The Morgan fingerprint density at radius 1 is 1.47 bits per heavy atom. The number of rotatable bonds is 6. The highest BCUT2D eigenvalue weighted by molar-refractivity contribution is 5.91. The molecule has 1 saturated carbocycles. The lowest BCUT2D eigenvalue weighted by atomic mass is 9.94. The molecule has 0 aliphatic heterocycles. The minimum Gasteiger partial charge on any atom is -0.351 e. The largest absolute Gasteiger partial charge is 0.351 e. The molecule has 0 aromatic carbocycles. The van der Waals surface area contributed by atoms with E-state index in [0.29, 0.717) is 12.2 Å². The summed E-state index contributed by atoms with van der Waals surface area (Å²) >= 11 is 0. The molecule has 1 aromatic heterocycles. The Bertz CT molecular complexity index is 372. The van der Waals surface area contributed by atoms with Crippen molar-refractivity contribution in [3.8, 4) is 0 Å². The summed E-state index contributed by atoms with van der Waals surface area (Å²) in [7, 11) is 2.19.